The first-order valence-electron chi connectivity index (χ1n) is 23.7. The average Bonchev–Trinajstić information content (AvgIpc) is 3.91. The van der Waals surface area contributed by atoms with Crippen LogP contribution < -0.4 is 0 Å². The van der Waals surface area contributed by atoms with Crippen molar-refractivity contribution in [1.82, 2.24) is 8.80 Å². The number of ketones is 2. The summed E-state index contributed by atoms with van der Waals surface area (Å²) in [6, 6.07) is 19.1. The molecule has 6 aliphatic rings. The third kappa shape index (κ3) is 4.11. The van der Waals surface area contributed by atoms with Crippen molar-refractivity contribution >= 4 is 87.8 Å². The molecule has 0 unspecified atom stereocenters. The molecule has 6 aliphatic carbocycles. The van der Waals surface area contributed by atoms with Crippen LogP contribution in [0.2, 0.25) is 0 Å². The molecule has 4 nitrogen and oxygen atoms in total. The van der Waals surface area contributed by atoms with Crippen LogP contribution in [-0.4, -0.2) is 20.4 Å². The lowest BCUT2D eigenvalue weighted by molar-refractivity contribution is 0.0726. The molecule has 4 heterocycles. The van der Waals surface area contributed by atoms with E-state index in [9.17, 15) is 12.3 Å². The highest BCUT2D eigenvalue weighted by Crippen LogP contribution is 2.57. The van der Waals surface area contributed by atoms with Gasteiger partial charge in [0.05, 0.1) is 35.8 Å². The van der Waals surface area contributed by atoms with Gasteiger partial charge in [-0.3, -0.25) is 9.59 Å². The minimum Gasteiger partial charge on any atom is -0.308 e. The minimum absolute atomic E-state index is 0.0659. The van der Waals surface area contributed by atoms with Crippen LogP contribution in [0.25, 0.3) is 76.2 Å². The van der Waals surface area contributed by atoms with Crippen LogP contribution in [0.5, 0.6) is 0 Å². The van der Waals surface area contributed by atoms with Crippen LogP contribution in [0.1, 0.15) is 166 Å². The Morgan fingerprint density at radius 3 is 1.08 bits per heavy atom. The lowest BCUT2D eigenvalue weighted by Crippen LogP contribution is -2.33. The molecule has 302 valence electrons. The van der Waals surface area contributed by atoms with E-state index in [0.717, 1.165) is 139 Å². The van der Waals surface area contributed by atoms with E-state index in [1.54, 1.807) is 0 Å². The van der Waals surface area contributed by atoms with Gasteiger partial charge < -0.3 is 8.80 Å². The molecule has 0 amide bonds. The van der Waals surface area contributed by atoms with Crippen molar-refractivity contribution in [2.75, 3.05) is 0 Å². The lowest BCUT2D eigenvalue weighted by Gasteiger charge is -2.38. The van der Waals surface area contributed by atoms with Crippen LogP contribution >= 0.6 is 0 Å². The Bertz CT molecular complexity index is 3360. The second-order valence-corrected chi connectivity index (χ2v) is 23.4. The zero-order valence-electron chi connectivity index (χ0n) is 39.0. The smallest absolute Gasteiger partial charge is 0.169 e. The molecular weight excluding hydrogens is 733 g/mol. The van der Waals surface area contributed by atoms with Gasteiger partial charge in [0.2, 0.25) is 0 Å². The molecule has 4 heteroatoms. The fourth-order valence-corrected chi connectivity index (χ4v) is 13.0. The van der Waals surface area contributed by atoms with Crippen LogP contribution in [0.15, 0.2) is 60.6 Å². The highest BCUT2D eigenvalue weighted by molar-refractivity contribution is 6.30. The van der Waals surface area contributed by atoms with E-state index in [2.05, 4.69) is 127 Å². The van der Waals surface area contributed by atoms with Gasteiger partial charge in [0.25, 0.3) is 0 Å². The molecule has 0 atom stereocenters. The third-order valence-electron chi connectivity index (χ3n) is 17.5. The molecule has 0 spiro atoms. The Labute approximate surface area is 354 Å². The second kappa shape index (κ2) is 10.4. The molecule has 0 N–H and O–H groups in total. The van der Waals surface area contributed by atoms with Gasteiger partial charge in [-0.25, -0.2) is 0 Å². The summed E-state index contributed by atoms with van der Waals surface area (Å²) in [4.78, 5) is 29.3. The first kappa shape index (κ1) is 33.7. The Kier molecular flexibility index (Phi) is 5.83. The molecule has 0 aliphatic heterocycles. The maximum Gasteiger partial charge on any atom is 0.169 e. The normalized spacial score (nSPS) is 27.8. The van der Waals surface area contributed by atoms with Crippen molar-refractivity contribution < 1.29 is 12.3 Å². The SMILES string of the molecule is [2H]c1c2c3cc(C(C)(C)C)cc4c5cc6c(cc5n(c2c([2H])c2c5cc(C(C)(C)C)cc7c8cc9c(cc8n(c12)c75)C(=O)C1(C)CCC9(C)CC1)c43)C(=O)C1(C)CCC6(C)CC1. The highest BCUT2D eigenvalue weighted by atomic mass is 16.1. The summed E-state index contributed by atoms with van der Waals surface area (Å²) in [5, 5.41) is 8.05. The van der Waals surface area contributed by atoms with Crippen LogP contribution in [0.4, 0.5) is 0 Å². The molecule has 2 fully saturated rings. The Morgan fingerprint density at radius 1 is 0.433 bits per heavy atom. The number of hydrogen-bond donors (Lipinski definition) is 0. The number of fused-ring (bicyclic) bond motifs is 16. The largest absolute Gasteiger partial charge is 0.308 e. The lowest BCUT2D eigenvalue weighted by atomic mass is 9.65. The number of Topliss-reactive ketones (excluding diaryl/α,β-unsaturated/α-hetero) is 2. The Hall–Kier alpha value is -4.96. The van der Waals surface area contributed by atoms with E-state index in [4.69, 9.17) is 0 Å². The topological polar surface area (TPSA) is 43.0 Å². The van der Waals surface area contributed by atoms with Crippen LogP contribution in [0, 0.1) is 10.8 Å². The molecule has 4 aromatic heterocycles. The van der Waals surface area contributed by atoms with Crippen molar-refractivity contribution in [3.63, 3.8) is 0 Å². The molecule has 2 saturated carbocycles. The van der Waals surface area contributed by atoms with E-state index in [0.29, 0.717) is 12.1 Å². The minimum atomic E-state index is -0.370. The van der Waals surface area contributed by atoms with Gasteiger partial charge in [-0.05, 0) is 156 Å². The molecule has 0 radical (unpaired) electrons. The third-order valence-corrected chi connectivity index (χ3v) is 17.5. The summed E-state index contributed by atoms with van der Waals surface area (Å²) in [6.07, 6.45) is 7.64. The zero-order chi connectivity index (χ0) is 43.3. The maximum atomic E-state index is 14.7. The summed E-state index contributed by atoms with van der Waals surface area (Å²) in [6.45, 7) is 22.6. The number of nitrogens with zero attached hydrogens (tertiary/aromatic N) is 2. The van der Waals surface area contributed by atoms with Gasteiger partial charge in [-0.1, -0.05) is 69.2 Å². The molecule has 4 bridgehead atoms. The highest BCUT2D eigenvalue weighted by Gasteiger charge is 2.50. The summed E-state index contributed by atoms with van der Waals surface area (Å²) in [7, 11) is 0. The average molecular weight is 791 g/mol. The molecule has 60 heavy (non-hydrogen) atoms. The number of carbonyl (C=O) groups is 2. The van der Waals surface area contributed by atoms with E-state index in [-0.39, 0.29) is 44.1 Å². The fourth-order valence-electron chi connectivity index (χ4n) is 13.0. The van der Waals surface area contributed by atoms with Crippen LogP contribution in [-0.2, 0) is 21.7 Å². The van der Waals surface area contributed by atoms with Gasteiger partial charge in [-0.2, -0.15) is 0 Å². The van der Waals surface area contributed by atoms with E-state index >= 15 is 0 Å². The number of benzene rings is 5. The van der Waals surface area contributed by atoms with Gasteiger partial charge in [0, 0.05) is 65.0 Å². The van der Waals surface area contributed by atoms with E-state index < -0.39 is 0 Å². The molecule has 0 saturated heterocycles. The monoisotopic (exact) mass is 790 g/mol. The molecular formula is C56H56N2O2. The predicted octanol–water partition coefficient (Wildman–Crippen LogP) is 14.7. The van der Waals surface area contributed by atoms with Gasteiger partial charge in [0.1, 0.15) is 0 Å². The first-order valence-corrected chi connectivity index (χ1v) is 22.7. The maximum absolute atomic E-state index is 14.7. The van der Waals surface area contributed by atoms with Gasteiger partial charge >= 0.3 is 0 Å². The van der Waals surface area contributed by atoms with Crippen molar-refractivity contribution in [2.24, 2.45) is 10.8 Å². The summed E-state index contributed by atoms with van der Waals surface area (Å²) < 4.78 is 25.6. The van der Waals surface area contributed by atoms with E-state index in [1.807, 2.05) is 0 Å². The first-order chi connectivity index (χ1) is 29.1. The standard InChI is InChI=1S/C56H56N2O2/c1-51(2,3)29-19-35-31-23-41-39(49(59)55(9)15-11-53(41,7)12-16-55)27-45(31)57-43-26-34-38-22-30(52(4,5)6)20-36-32-24-42-40(50(60)56(10)17-13-54(42,8)14-18-56)28-46(32)58(48(36)38)44(34)25-33(43)37(21-29)47(35)57/h19-28H,11-18H2,1-10H3/i25D,26D. The van der Waals surface area contributed by atoms with Crippen molar-refractivity contribution in [1.29, 1.82) is 0 Å². The van der Waals surface area contributed by atoms with E-state index in [1.165, 1.54) is 22.3 Å². The number of aromatic nitrogens is 2. The summed E-state index contributed by atoms with van der Waals surface area (Å²) in [5.74, 6) is 0.507. The zero-order valence-corrected chi connectivity index (χ0v) is 37.0. The van der Waals surface area contributed by atoms with Gasteiger partial charge in [-0.15, -0.1) is 0 Å². The molecule has 9 aromatic rings. The molecule has 15 rings (SSSR count). The predicted molar refractivity (Wildman–Crippen MR) is 250 cm³/mol. The number of rotatable bonds is 0. The van der Waals surface area contributed by atoms with Crippen molar-refractivity contribution in [2.45, 2.75) is 142 Å². The quantitative estimate of drug-likeness (QED) is 0.154. The number of hydrogen-bond acceptors (Lipinski definition) is 2. The van der Waals surface area contributed by atoms with Crippen molar-refractivity contribution in [3.8, 4) is 0 Å². The summed E-state index contributed by atoms with van der Waals surface area (Å²) >= 11 is 0. The van der Waals surface area contributed by atoms with Crippen LogP contribution in [0.3, 0.4) is 0 Å². The number of carbonyl (C=O) groups excluding carboxylic acids is 2. The Balaban J connectivity index is 1.25. The Morgan fingerprint density at radius 2 is 0.750 bits per heavy atom. The van der Waals surface area contributed by atoms with Gasteiger partial charge in [0.15, 0.2) is 11.6 Å². The molecule has 5 aromatic carbocycles. The fraction of sp³-hybridized carbons (Fsp3) is 0.429. The van der Waals surface area contributed by atoms with Crippen molar-refractivity contribution in [3.05, 3.63) is 94.0 Å². The summed E-state index contributed by atoms with van der Waals surface area (Å²) in [5.41, 5.74) is 10.6. The second-order valence-electron chi connectivity index (χ2n) is 23.4.